The third kappa shape index (κ3) is 3.21. The highest BCUT2D eigenvalue weighted by Crippen LogP contribution is 2.20. The fourth-order valence-electron chi connectivity index (χ4n) is 1.64. The molecule has 18 heavy (non-hydrogen) atoms. The van der Waals surface area contributed by atoms with Crippen LogP contribution in [0.25, 0.3) is 0 Å². The molecule has 0 fully saturated rings. The number of rotatable bonds is 4. The van der Waals surface area contributed by atoms with Crippen molar-refractivity contribution in [3.05, 3.63) is 29.8 Å². The van der Waals surface area contributed by atoms with Crippen molar-refractivity contribution in [2.45, 2.75) is 19.5 Å². The van der Waals surface area contributed by atoms with Crippen LogP contribution in [-0.2, 0) is 11.3 Å². The van der Waals surface area contributed by atoms with Crippen molar-refractivity contribution in [2.75, 3.05) is 11.9 Å². The first-order valence-corrected chi connectivity index (χ1v) is 5.58. The molecule has 1 aromatic rings. The van der Waals surface area contributed by atoms with E-state index in [-0.39, 0.29) is 0 Å². The molecule has 0 radical (unpaired) electrons. The molecule has 1 atom stereocenters. The van der Waals surface area contributed by atoms with Gasteiger partial charge in [-0.3, -0.25) is 10.1 Å². The highest BCUT2D eigenvalue weighted by molar-refractivity contribution is 5.97. The first-order chi connectivity index (χ1) is 8.47. The Kier molecular flexibility index (Phi) is 4.67. The number of hydrogen-bond acceptors (Lipinski definition) is 4. The van der Waals surface area contributed by atoms with Crippen molar-refractivity contribution in [2.24, 2.45) is 11.5 Å². The molecule has 6 nitrogen and oxygen atoms in total. The van der Waals surface area contributed by atoms with Crippen LogP contribution in [0.2, 0.25) is 0 Å². The largest absolute Gasteiger partial charge is 0.363 e. The van der Waals surface area contributed by atoms with E-state index in [1.165, 1.54) is 0 Å². The Morgan fingerprint density at radius 2 is 2.00 bits per heavy atom. The Hall–Kier alpha value is -2.08. The standard InChI is InChI=1S/C12H18N4O2/c1-8(11(17)15-12(14)18)16(2)10-6-4-3-5-9(10)7-13/h3-6,8H,7,13H2,1-2H3,(H3,14,15,17,18). The molecule has 6 heteroatoms. The minimum absolute atomic E-state index is 0.380. The van der Waals surface area contributed by atoms with Crippen molar-refractivity contribution in [1.82, 2.24) is 5.32 Å². The van der Waals surface area contributed by atoms with Gasteiger partial charge < -0.3 is 16.4 Å². The number of benzene rings is 1. The van der Waals surface area contributed by atoms with Gasteiger partial charge >= 0.3 is 6.03 Å². The number of nitrogens with zero attached hydrogens (tertiary/aromatic N) is 1. The van der Waals surface area contributed by atoms with Gasteiger partial charge in [-0.2, -0.15) is 0 Å². The molecular formula is C12H18N4O2. The fourth-order valence-corrected chi connectivity index (χ4v) is 1.64. The third-order valence-electron chi connectivity index (χ3n) is 2.80. The van der Waals surface area contributed by atoms with Crippen LogP contribution in [0.3, 0.4) is 0 Å². The number of amides is 3. The lowest BCUT2D eigenvalue weighted by Gasteiger charge is -2.27. The van der Waals surface area contributed by atoms with Crippen LogP contribution in [0.5, 0.6) is 0 Å². The SMILES string of the molecule is CC(C(=O)NC(N)=O)N(C)c1ccccc1CN. The van der Waals surface area contributed by atoms with E-state index in [1.807, 2.05) is 24.3 Å². The van der Waals surface area contributed by atoms with Crippen molar-refractivity contribution in [3.8, 4) is 0 Å². The molecule has 0 saturated carbocycles. The van der Waals surface area contributed by atoms with E-state index in [9.17, 15) is 9.59 Å². The number of nitrogens with two attached hydrogens (primary N) is 2. The van der Waals surface area contributed by atoms with Gasteiger partial charge in [0.2, 0.25) is 5.91 Å². The van der Waals surface area contributed by atoms with Crippen LogP contribution in [0, 0.1) is 0 Å². The minimum Gasteiger partial charge on any atom is -0.363 e. The quantitative estimate of drug-likeness (QED) is 0.708. The Labute approximate surface area is 106 Å². The number of hydrogen-bond donors (Lipinski definition) is 3. The second-order valence-corrected chi connectivity index (χ2v) is 3.97. The molecule has 0 aliphatic heterocycles. The van der Waals surface area contributed by atoms with E-state index >= 15 is 0 Å². The zero-order valence-corrected chi connectivity index (χ0v) is 10.5. The Morgan fingerprint density at radius 1 is 1.39 bits per heavy atom. The lowest BCUT2D eigenvalue weighted by molar-refractivity contribution is -0.120. The average molecular weight is 250 g/mol. The van der Waals surface area contributed by atoms with Gasteiger partial charge in [0.1, 0.15) is 6.04 Å². The third-order valence-corrected chi connectivity index (χ3v) is 2.80. The predicted octanol–water partition coefficient (Wildman–Crippen LogP) is 0.165. The molecule has 1 aromatic carbocycles. The molecule has 0 aromatic heterocycles. The summed E-state index contributed by atoms with van der Waals surface area (Å²) in [7, 11) is 1.76. The maximum Gasteiger partial charge on any atom is 0.318 e. The molecule has 0 heterocycles. The average Bonchev–Trinajstić information content (AvgIpc) is 2.36. The van der Waals surface area contributed by atoms with Crippen LogP contribution >= 0.6 is 0 Å². The van der Waals surface area contributed by atoms with Gasteiger partial charge in [0.05, 0.1) is 0 Å². The summed E-state index contributed by atoms with van der Waals surface area (Å²) in [5.74, 6) is -0.447. The molecule has 0 aliphatic carbocycles. The number of imide groups is 1. The number of carbonyl (C=O) groups excluding carboxylic acids is 2. The van der Waals surface area contributed by atoms with Crippen LogP contribution in [0.15, 0.2) is 24.3 Å². The van der Waals surface area contributed by atoms with E-state index < -0.39 is 18.0 Å². The number of likely N-dealkylation sites (N-methyl/N-ethyl adjacent to an activating group) is 1. The Morgan fingerprint density at radius 3 is 2.56 bits per heavy atom. The molecule has 0 spiro atoms. The number of carbonyl (C=O) groups is 2. The number of anilines is 1. The summed E-state index contributed by atoms with van der Waals surface area (Å²) >= 11 is 0. The van der Waals surface area contributed by atoms with Gasteiger partial charge in [0.15, 0.2) is 0 Å². The van der Waals surface area contributed by atoms with Crippen molar-refractivity contribution >= 4 is 17.6 Å². The molecule has 0 saturated heterocycles. The summed E-state index contributed by atoms with van der Waals surface area (Å²) in [6, 6.07) is 6.13. The van der Waals surface area contributed by atoms with Gasteiger partial charge in [-0.05, 0) is 18.6 Å². The summed E-state index contributed by atoms with van der Waals surface area (Å²) in [5.41, 5.74) is 12.3. The molecule has 1 rings (SSSR count). The van der Waals surface area contributed by atoms with E-state index in [1.54, 1.807) is 18.9 Å². The van der Waals surface area contributed by atoms with Crippen molar-refractivity contribution in [1.29, 1.82) is 0 Å². The van der Waals surface area contributed by atoms with Gasteiger partial charge in [-0.1, -0.05) is 18.2 Å². The monoisotopic (exact) mass is 250 g/mol. The normalized spacial score (nSPS) is 11.7. The summed E-state index contributed by atoms with van der Waals surface area (Å²) < 4.78 is 0. The smallest absolute Gasteiger partial charge is 0.318 e. The second-order valence-electron chi connectivity index (χ2n) is 3.97. The lowest BCUT2D eigenvalue weighted by Crippen LogP contribution is -2.47. The molecule has 5 N–H and O–H groups in total. The molecule has 0 aliphatic rings. The number of para-hydroxylation sites is 1. The van der Waals surface area contributed by atoms with Gasteiger partial charge in [0, 0.05) is 19.3 Å². The zero-order chi connectivity index (χ0) is 13.7. The fraction of sp³-hybridized carbons (Fsp3) is 0.333. The van der Waals surface area contributed by atoms with E-state index in [2.05, 4.69) is 5.32 Å². The molecular weight excluding hydrogens is 232 g/mol. The first-order valence-electron chi connectivity index (χ1n) is 5.58. The van der Waals surface area contributed by atoms with Crippen LogP contribution in [0.1, 0.15) is 12.5 Å². The van der Waals surface area contributed by atoms with Gasteiger partial charge in [0.25, 0.3) is 0 Å². The highest BCUT2D eigenvalue weighted by Gasteiger charge is 2.20. The summed E-state index contributed by atoms with van der Waals surface area (Å²) in [4.78, 5) is 24.1. The van der Waals surface area contributed by atoms with Crippen LogP contribution < -0.4 is 21.7 Å². The first kappa shape index (κ1) is 14.0. The van der Waals surface area contributed by atoms with E-state index in [0.717, 1.165) is 11.3 Å². The molecule has 98 valence electrons. The summed E-state index contributed by atoms with van der Waals surface area (Å²) in [6.07, 6.45) is 0. The number of primary amides is 1. The predicted molar refractivity (Wildman–Crippen MR) is 69.9 cm³/mol. The maximum atomic E-state index is 11.7. The van der Waals surface area contributed by atoms with E-state index in [0.29, 0.717) is 6.54 Å². The Balaban J connectivity index is 2.89. The lowest BCUT2D eigenvalue weighted by atomic mass is 10.1. The maximum absolute atomic E-state index is 11.7. The van der Waals surface area contributed by atoms with Gasteiger partial charge in [-0.15, -0.1) is 0 Å². The molecule has 3 amide bonds. The van der Waals surface area contributed by atoms with E-state index in [4.69, 9.17) is 11.5 Å². The summed E-state index contributed by atoms with van der Waals surface area (Å²) in [5, 5.41) is 2.06. The highest BCUT2D eigenvalue weighted by atomic mass is 16.2. The second kappa shape index (κ2) is 6.02. The van der Waals surface area contributed by atoms with Crippen LogP contribution in [-0.4, -0.2) is 25.0 Å². The molecule has 0 bridgehead atoms. The topological polar surface area (TPSA) is 101 Å². The van der Waals surface area contributed by atoms with Crippen molar-refractivity contribution < 1.29 is 9.59 Å². The minimum atomic E-state index is -0.854. The summed E-state index contributed by atoms with van der Waals surface area (Å²) in [6.45, 7) is 2.07. The van der Waals surface area contributed by atoms with Gasteiger partial charge in [-0.25, -0.2) is 4.79 Å². The Bertz CT molecular complexity index is 447. The number of urea groups is 1. The van der Waals surface area contributed by atoms with Crippen molar-refractivity contribution in [3.63, 3.8) is 0 Å². The van der Waals surface area contributed by atoms with Crippen LogP contribution in [0.4, 0.5) is 10.5 Å². The zero-order valence-electron chi connectivity index (χ0n) is 10.5. The molecule has 1 unspecified atom stereocenters. The number of nitrogens with one attached hydrogen (secondary N) is 1.